The summed E-state index contributed by atoms with van der Waals surface area (Å²) in [5.74, 6) is -1.13. The van der Waals surface area contributed by atoms with Crippen molar-refractivity contribution in [3.05, 3.63) is 58.9 Å². The first-order valence-electron chi connectivity index (χ1n) is 13.9. The molecule has 7 nitrogen and oxygen atoms in total. The molecule has 40 heavy (non-hydrogen) atoms. The summed E-state index contributed by atoms with van der Waals surface area (Å²) < 4.78 is 63.4. The van der Waals surface area contributed by atoms with E-state index in [1.54, 1.807) is 13.0 Å². The van der Waals surface area contributed by atoms with Crippen molar-refractivity contribution in [2.24, 2.45) is 17.8 Å². The highest BCUT2D eigenvalue weighted by Crippen LogP contribution is 2.43. The van der Waals surface area contributed by atoms with Crippen LogP contribution in [0.4, 0.5) is 13.2 Å². The van der Waals surface area contributed by atoms with Gasteiger partial charge in [0.2, 0.25) is 0 Å². The van der Waals surface area contributed by atoms with Crippen LogP contribution in [0, 0.1) is 17.8 Å². The molecule has 11 heteroatoms. The minimum atomic E-state index is -4.11. The number of rotatable bonds is 9. The standard InChI is InChI=1S/C29H38F3N3O4S/c1-4-40(38,39)23-10-12-25(33-14-23)26(17-36)34-28(37)20-7-11-24-21(13-20)16-35(27(24)18(2)3)15-19-5-8-22(9-6-19)29(30,31)32/h7,10-14,18-19,22,26-27,36H,4-6,8-9,15-17H2,1-3H3,(H,34,37)/t19?,22?,26-,27-/m1/s1. The van der Waals surface area contributed by atoms with Crippen molar-refractivity contribution in [1.29, 1.82) is 0 Å². The van der Waals surface area contributed by atoms with Gasteiger partial charge in [0.25, 0.3) is 5.91 Å². The van der Waals surface area contributed by atoms with Crippen molar-refractivity contribution in [2.75, 3.05) is 18.9 Å². The van der Waals surface area contributed by atoms with Crippen molar-refractivity contribution in [1.82, 2.24) is 15.2 Å². The van der Waals surface area contributed by atoms with E-state index in [0.717, 1.165) is 17.7 Å². The highest BCUT2D eigenvalue weighted by atomic mass is 32.2. The van der Waals surface area contributed by atoms with Gasteiger partial charge in [-0.15, -0.1) is 0 Å². The van der Waals surface area contributed by atoms with Gasteiger partial charge in [0, 0.05) is 30.9 Å². The summed E-state index contributed by atoms with van der Waals surface area (Å²) in [6.07, 6.45) is -1.38. The van der Waals surface area contributed by atoms with Crippen molar-refractivity contribution in [2.45, 2.75) is 76.2 Å². The number of amides is 1. The molecule has 1 aromatic heterocycles. The summed E-state index contributed by atoms with van der Waals surface area (Å²) in [6, 6.07) is 7.76. The second kappa shape index (κ2) is 12.2. The minimum Gasteiger partial charge on any atom is -0.394 e. The van der Waals surface area contributed by atoms with Crippen LogP contribution in [0.5, 0.6) is 0 Å². The number of alkyl halides is 3. The number of aliphatic hydroxyl groups is 1. The van der Waals surface area contributed by atoms with Crippen LogP contribution in [0.3, 0.4) is 0 Å². The SMILES string of the molecule is CCS(=O)(=O)c1ccc([C@@H](CO)NC(=O)c2ccc3c(c2)CN(CC2CCC(C(F)(F)F)CC2)[C@@H]3C(C)C)nc1. The zero-order chi connectivity index (χ0) is 29.2. The van der Waals surface area contributed by atoms with Gasteiger partial charge in [0.15, 0.2) is 9.84 Å². The highest BCUT2D eigenvalue weighted by Gasteiger charge is 2.42. The molecule has 1 aromatic carbocycles. The molecule has 1 aliphatic heterocycles. The van der Waals surface area contributed by atoms with Gasteiger partial charge in [-0.3, -0.25) is 14.7 Å². The van der Waals surface area contributed by atoms with Gasteiger partial charge in [0.05, 0.1) is 34.9 Å². The second-order valence-electron chi connectivity index (χ2n) is 11.3. The van der Waals surface area contributed by atoms with Crippen molar-refractivity contribution >= 4 is 15.7 Å². The van der Waals surface area contributed by atoms with E-state index in [9.17, 15) is 31.5 Å². The molecule has 0 unspecified atom stereocenters. The molecular weight excluding hydrogens is 543 g/mol. The zero-order valence-electron chi connectivity index (χ0n) is 23.1. The van der Waals surface area contributed by atoms with Crippen LogP contribution in [0.15, 0.2) is 41.4 Å². The fourth-order valence-electron chi connectivity index (χ4n) is 6.05. The molecule has 2 atom stereocenters. The average Bonchev–Trinajstić information content (AvgIpc) is 3.28. The van der Waals surface area contributed by atoms with E-state index in [2.05, 4.69) is 29.0 Å². The lowest BCUT2D eigenvalue weighted by molar-refractivity contribution is -0.184. The Labute approximate surface area is 234 Å². The quantitative estimate of drug-likeness (QED) is 0.421. The molecule has 2 heterocycles. The largest absolute Gasteiger partial charge is 0.394 e. The third-order valence-corrected chi connectivity index (χ3v) is 9.99. The van der Waals surface area contributed by atoms with Gasteiger partial charge in [-0.1, -0.05) is 26.8 Å². The van der Waals surface area contributed by atoms with Crippen LogP contribution in [0.25, 0.3) is 0 Å². The van der Waals surface area contributed by atoms with Gasteiger partial charge in [-0.05, 0) is 72.9 Å². The average molecular weight is 582 g/mol. The van der Waals surface area contributed by atoms with Crippen molar-refractivity contribution in [3.8, 4) is 0 Å². The number of carbonyl (C=O) groups is 1. The number of fused-ring (bicyclic) bond motifs is 1. The zero-order valence-corrected chi connectivity index (χ0v) is 23.9. The summed E-state index contributed by atoms with van der Waals surface area (Å²) >= 11 is 0. The monoisotopic (exact) mass is 581 g/mol. The molecule has 0 bridgehead atoms. The molecule has 1 aliphatic carbocycles. The molecule has 1 amide bonds. The fraction of sp³-hybridized carbons (Fsp3) is 0.586. The molecule has 220 valence electrons. The number of nitrogens with zero attached hydrogens (tertiary/aromatic N) is 2. The number of sulfone groups is 1. The van der Waals surface area contributed by atoms with Crippen LogP contribution < -0.4 is 5.32 Å². The Morgan fingerprint density at radius 1 is 1.15 bits per heavy atom. The van der Waals surface area contributed by atoms with Gasteiger partial charge in [-0.2, -0.15) is 13.2 Å². The maximum absolute atomic E-state index is 13.1. The van der Waals surface area contributed by atoms with Crippen molar-refractivity contribution < 1.29 is 31.5 Å². The van der Waals surface area contributed by atoms with E-state index in [1.165, 1.54) is 18.3 Å². The van der Waals surface area contributed by atoms with Gasteiger partial charge >= 0.3 is 6.18 Å². The van der Waals surface area contributed by atoms with Crippen LogP contribution in [-0.2, 0) is 16.4 Å². The van der Waals surface area contributed by atoms with E-state index in [-0.39, 0.29) is 47.3 Å². The number of pyridine rings is 1. The number of aromatic nitrogens is 1. The number of carbonyl (C=O) groups excluding carboxylic acids is 1. The lowest BCUT2D eigenvalue weighted by Crippen LogP contribution is -2.34. The summed E-state index contributed by atoms with van der Waals surface area (Å²) in [5.41, 5.74) is 2.92. The number of hydrogen-bond donors (Lipinski definition) is 2. The minimum absolute atomic E-state index is 0.0548. The van der Waals surface area contributed by atoms with E-state index in [4.69, 9.17) is 0 Å². The van der Waals surface area contributed by atoms with Crippen LogP contribution >= 0.6 is 0 Å². The maximum atomic E-state index is 13.1. The predicted octanol–water partition coefficient (Wildman–Crippen LogP) is 5.22. The molecular formula is C29H38F3N3O4S. The third kappa shape index (κ3) is 6.69. The normalized spacial score (nSPS) is 22.8. The number of hydrogen-bond acceptors (Lipinski definition) is 6. The van der Waals surface area contributed by atoms with Gasteiger partial charge in [0.1, 0.15) is 0 Å². The fourth-order valence-corrected chi connectivity index (χ4v) is 6.87. The van der Waals surface area contributed by atoms with E-state index in [0.29, 0.717) is 30.6 Å². The molecule has 1 fully saturated rings. The van der Waals surface area contributed by atoms with Gasteiger partial charge < -0.3 is 10.4 Å². The lowest BCUT2D eigenvalue weighted by atomic mass is 9.81. The van der Waals surface area contributed by atoms with E-state index >= 15 is 0 Å². The summed E-state index contributed by atoms with van der Waals surface area (Å²) in [7, 11) is -3.41. The first kappa shape index (κ1) is 30.5. The predicted molar refractivity (Wildman–Crippen MR) is 145 cm³/mol. The first-order valence-corrected chi connectivity index (χ1v) is 15.5. The van der Waals surface area contributed by atoms with Crippen molar-refractivity contribution in [3.63, 3.8) is 0 Å². The molecule has 0 spiro atoms. The summed E-state index contributed by atoms with van der Waals surface area (Å²) in [5, 5.41) is 12.7. The summed E-state index contributed by atoms with van der Waals surface area (Å²) in [6.45, 7) is 6.74. The topological polar surface area (TPSA) is 99.6 Å². The first-order chi connectivity index (χ1) is 18.8. The van der Waals surface area contributed by atoms with E-state index < -0.39 is 34.6 Å². The van der Waals surface area contributed by atoms with Gasteiger partial charge in [-0.25, -0.2) is 8.42 Å². The molecule has 1 saturated carbocycles. The Hall–Kier alpha value is -2.50. The molecule has 2 aliphatic rings. The Balaban J connectivity index is 1.44. The van der Waals surface area contributed by atoms with E-state index in [1.807, 2.05) is 12.1 Å². The second-order valence-corrected chi connectivity index (χ2v) is 13.6. The Morgan fingerprint density at radius 3 is 2.40 bits per heavy atom. The number of benzene rings is 1. The maximum Gasteiger partial charge on any atom is 0.391 e. The third-order valence-electron chi connectivity index (χ3n) is 8.27. The molecule has 4 rings (SSSR count). The molecule has 2 N–H and O–H groups in total. The van der Waals surface area contributed by atoms with Crippen LogP contribution in [0.2, 0.25) is 0 Å². The Morgan fingerprint density at radius 2 is 1.85 bits per heavy atom. The lowest BCUT2D eigenvalue weighted by Gasteiger charge is -2.35. The summed E-state index contributed by atoms with van der Waals surface area (Å²) in [4.78, 5) is 19.7. The number of nitrogens with one attached hydrogen (secondary N) is 1. The highest BCUT2D eigenvalue weighted by molar-refractivity contribution is 7.91. The molecule has 0 radical (unpaired) electrons. The molecule has 2 aromatic rings. The van der Waals surface area contributed by atoms with Crippen LogP contribution in [-0.4, -0.2) is 54.4 Å². The number of halogens is 3. The number of aliphatic hydroxyl groups excluding tert-OH is 1. The Kier molecular flexibility index (Phi) is 9.26. The Bertz CT molecular complexity index is 1290. The smallest absolute Gasteiger partial charge is 0.391 e. The van der Waals surface area contributed by atoms with Crippen LogP contribution in [0.1, 0.15) is 85.7 Å². The molecule has 0 saturated heterocycles.